The van der Waals surface area contributed by atoms with Crippen LogP contribution in [0.1, 0.15) is 27.2 Å². The highest BCUT2D eigenvalue weighted by molar-refractivity contribution is 7.17. The zero-order valence-corrected chi connectivity index (χ0v) is 17.1. The highest BCUT2D eigenvalue weighted by atomic mass is 35.5. The van der Waals surface area contributed by atoms with Gasteiger partial charge in [-0.05, 0) is 43.0 Å². The Balaban J connectivity index is 1.34. The van der Waals surface area contributed by atoms with Crippen molar-refractivity contribution >= 4 is 45.4 Å². The molecular weight excluding hydrogens is 396 g/mol. The molecule has 28 heavy (non-hydrogen) atoms. The first-order valence-electron chi connectivity index (χ1n) is 9.48. The van der Waals surface area contributed by atoms with E-state index in [0.29, 0.717) is 17.1 Å². The van der Waals surface area contributed by atoms with E-state index in [2.05, 4.69) is 21.2 Å². The van der Waals surface area contributed by atoms with Crippen LogP contribution in [0.15, 0.2) is 24.3 Å². The number of benzene rings is 1. The minimum atomic E-state index is -0.454. The Morgan fingerprint density at radius 1 is 1.18 bits per heavy atom. The smallest absolute Gasteiger partial charge is 0.251 e. The van der Waals surface area contributed by atoms with Crippen molar-refractivity contribution in [2.45, 2.75) is 19.3 Å². The first-order valence-corrected chi connectivity index (χ1v) is 10.7. The van der Waals surface area contributed by atoms with Gasteiger partial charge in [0.1, 0.15) is 5.00 Å². The maximum Gasteiger partial charge on any atom is 0.251 e. The third kappa shape index (κ3) is 4.01. The number of aryl methyl sites for hydroxylation is 1. The lowest BCUT2D eigenvalue weighted by molar-refractivity contribution is -0.117. The molecule has 1 saturated heterocycles. The average molecular weight is 419 g/mol. The molecule has 0 unspecified atom stereocenters. The van der Waals surface area contributed by atoms with Gasteiger partial charge in [0, 0.05) is 41.8 Å². The molecule has 0 radical (unpaired) electrons. The molecule has 0 saturated carbocycles. The van der Waals surface area contributed by atoms with Crippen molar-refractivity contribution in [3.05, 3.63) is 45.3 Å². The molecule has 1 fully saturated rings. The topological polar surface area (TPSA) is 78.7 Å². The summed E-state index contributed by atoms with van der Waals surface area (Å²) in [6, 6.07) is 7.83. The lowest BCUT2D eigenvalue weighted by atomic mass is 10.1. The minimum Gasteiger partial charge on any atom is -0.369 e. The van der Waals surface area contributed by atoms with Crippen LogP contribution in [-0.2, 0) is 17.6 Å². The fraction of sp³-hybridized carbons (Fsp3) is 0.400. The quantitative estimate of drug-likeness (QED) is 0.782. The summed E-state index contributed by atoms with van der Waals surface area (Å²) < 4.78 is 0. The Bertz CT molecular complexity index is 906. The Morgan fingerprint density at radius 2 is 1.96 bits per heavy atom. The number of nitrogens with zero attached hydrogens (tertiary/aromatic N) is 2. The van der Waals surface area contributed by atoms with Gasteiger partial charge in [-0.25, -0.2) is 0 Å². The molecule has 2 heterocycles. The predicted molar refractivity (Wildman–Crippen MR) is 114 cm³/mol. The number of piperazine rings is 1. The number of nitrogens with one attached hydrogen (secondary N) is 1. The lowest BCUT2D eigenvalue weighted by Crippen LogP contribution is -2.48. The van der Waals surface area contributed by atoms with Gasteiger partial charge >= 0.3 is 0 Å². The summed E-state index contributed by atoms with van der Waals surface area (Å²) in [6.07, 6.45) is 2.87. The maximum atomic E-state index is 12.5. The molecule has 1 aliphatic carbocycles. The zero-order valence-electron chi connectivity index (χ0n) is 15.5. The summed E-state index contributed by atoms with van der Waals surface area (Å²) in [5.74, 6) is -0.552. The van der Waals surface area contributed by atoms with Crippen LogP contribution in [0, 0.1) is 0 Å². The highest BCUT2D eigenvalue weighted by Gasteiger charge is 2.27. The van der Waals surface area contributed by atoms with Gasteiger partial charge in [-0.3, -0.25) is 14.5 Å². The SMILES string of the molecule is NC(=O)c1c(NC(=O)CN2CCN(c3cccc(Cl)c3)CC2)sc2c1CCC2. The third-order valence-corrected chi connectivity index (χ3v) is 6.78. The number of nitrogens with two attached hydrogens (primary N) is 1. The van der Waals surface area contributed by atoms with Gasteiger partial charge in [-0.1, -0.05) is 17.7 Å². The summed E-state index contributed by atoms with van der Waals surface area (Å²) in [5, 5.41) is 4.26. The largest absolute Gasteiger partial charge is 0.369 e. The van der Waals surface area contributed by atoms with E-state index in [4.69, 9.17) is 17.3 Å². The number of anilines is 2. The van der Waals surface area contributed by atoms with Crippen molar-refractivity contribution in [3.63, 3.8) is 0 Å². The van der Waals surface area contributed by atoms with Crippen molar-refractivity contribution in [3.8, 4) is 0 Å². The predicted octanol–water partition coefficient (Wildman–Crippen LogP) is 2.75. The molecule has 0 spiro atoms. The van der Waals surface area contributed by atoms with E-state index in [1.165, 1.54) is 16.2 Å². The normalized spacial score (nSPS) is 16.8. The van der Waals surface area contributed by atoms with Crippen molar-refractivity contribution < 1.29 is 9.59 Å². The molecule has 4 rings (SSSR count). The molecular formula is C20H23ClN4O2S. The Hall–Kier alpha value is -2.09. The van der Waals surface area contributed by atoms with Crippen LogP contribution in [0.25, 0.3) is 0 Å². The van der Waals surface area contributed by atoms with Crippen LogP contribution in [0.2, 0.25) is 5.02 Å². The molecule has 2 amide bonds. The standard InChI is InChI=1S/C20H23ClN4O2S/c21-13-3-1-4-14(11-13)25-9-7-24(8-10-25)12-17(26)23-20-18(19(22)27)15-5-2-6-16(15)28-20/h1,3-4,11H,2,5-10,12H2,(H2,22,27)(H,23,26). The number of rotatable bonds is 5. The van der Waals surface area contributed by atoms with E-state index in [0.717, 1.165) is 61.7 Å². The number of carbonyl (C=O) groups excluding carboxylic acids is 2. The van der Waals surface area contributed by atoms with Crippen molar-refractivity contribution in [2.24, 2.45) is 5.73 Å². The Labute approximate surface area is 173 Å². The number of carbonyl (C=O) groups is 2. The summed E-state index contributed by atoms with van der Waals surface area (Å²) in [5.41, 5.74) is 8.21. The molecule has 1 aromatic carbocycles. The first-order chi connectivity index (χ1) is 13.5. The second-order valence-corrected chi connectivity index (χ2v) is 8.76. The number of primary amides is 1. The van der Waals surface area contributed by atoms with Crippen molar-refractivity contribution in [2.75, 3.05) is 42.9 Å². The molecule has 0 atom stereocenters. The Morgan fingerprint density at radius 3 is 2.68 bits per heavy atom. The molecule has 1 aliphatic heterocycles. The van der Waals surface area contributed by atoms with Crippen molar-refractivity contribution in [1.82, 2.24) is 4.90 Å². The van der Waals surface area contributed by atoms with E-state index in [1.807, 2.05) is 18.2 Å². The number of hydrogen-bond acceptors (Lipinski definition) is 5. The van der Waals surface area contributed by atoms with E-state index in [9.17, 15) is 9.59 Å². The Kier molecular flexibility index (Phi) is 5.57. The number of hydrogen-bond donors (Lipinski definition) is 2. The number of thiophene rings is 1. The summed E-state index contributed by atoms with van der Waals surface area (Å²) in [7, 11) is 0. The summed E-state index contributed by atoms with van der Waals surface area (Å²) in [4.78, 5) is 30.0. The van der Waals surface area contributed by atoms with E-state index in [1.54, 1.807) is 0 Å². The number of amides is 2. The van der Waals surface area contributed by atoms with Gasteiger partial charge in [0.2, 0.25) is 5.91 Å². The van der Waals surface area contributed by atoms with Gasteiger partial charge in [-0.2, -0.15) is 0 Å². The van der Waals surface area contributed by atoms with Crippen molar-refractivity contribution in [1.29, 1.82) is 0 Å². The van der Waals surface area contributed by atoms with Crippen LogP contribution in [-0.4, -0.2) is 49.4 Å². The molecule has 2 aliphatic rings. The zero-order chi connectivity index (χ0) is 19.7. The molecule has 2 aromatic rings. The van der Waals surface area contributed by atoms with Crippen LogP contribution in [0.3, 0.4) is 0 Å². The third-order valence-electron chi connectivity index (χ3n) is 5.33. The number of fused-ring (bicyclic) bond motifs is 1. The number of halogens is 1. The molecule has 6 nitrogen and oxygen atoms in total. The fourth-order valence-electron chi connectivity index (χ4n) is 3.96. The summed E-state index contributed by atoms with van der Waals surface area (Å²) >= 11 is 7.57. The molecule has 8 heteroatoms. The van der Waals surface area contributed by atoms with Crippen LogP contribution < -0.4 is 16.0 Å². The average Bonchev–Trinajstić information content (AvgIpc) is 3.22. The maximum absolute atomic E-state index is 12.5. The van der Waals surface area contributed by atoms with Gasteiger partial charge in [0.05, 0.1) is 12.1 Å². The van der Waals surface area contributed by atoms with Crippen LogP contribution in [0.5, 0.6) is 0 Å². The summed E-state index contributed by atoms with van der Waals surface area (Å²) in [6.45, 7) is 3.58. The second kappa shape index (κ2) is 8.11. The van der Waals surface area contributed by atoms with E-state index >= 15 is 0 Å². The van der Waals surface area contributed by atoms with Gasteiger partial charge < -0.3 is 16.0 Å². The van der Waals surface area contributed by atoms with Crippen LogP contribution >= 0.6 is 22.9 Å². The van der Waals surface area contributed by atoms with Gasteiger partial charge in [-0.15, -0.1) is 11.3 Å². The van der Waals surface area contributed by atoms with Gasteiger partial charge in [0.25, 0.3) is 5.91 Å². The minimum absolute atomic E-state index is 0.0985. The fourth-order valence-corrected chi connectivity index (χ4v) is 5.45. The first kappa shape index (κ1) is 19.2. The second-order valence-electron chi connectivity index (χ2n) is 7.22. The highest BCUT2D eigenvalue weighted by Crippen LogP contribution is 2.38. The van der Waals surface area contributed by atoms with E-state index in [-0.39, 0.29) is 5.91 Å². The van der Waals surface area contributed by atoms with Crippen LogP contribution in [0.4, 0.5) is 10.7 Å². The van der Waals surface area contributed by atoms with Gasteiger partial charge in [0.15, 0.2) is 0 Å². The lowest BCUT2D eigenvalue weighted by Gasteiger charge is -2.35. The molecule has 1 aromatic heterocycles. The molecule has 0 bridgehead atoms. The monoisotopic (exact) mass is 418 g/mol. The molecule has 148 valence electrons. The van der Waals surface area contributed by atoms with E-state index < -0.39 is 5.91 Å². The molecule has 3 N–H and O–H groups in total.